The van der Waals surface area contributed by atoms with Crippen molar-refractivity contribution in [2.24, 2.45) is 0 Å². The van der Waals surface area contributed by atoms with Crippen molar-refractivity contribution in [1.29, 1.82) is 5.26 Å². The largest absolute Gasteiger partial charge is 0.491 e. The summed E-state index contributed by atoms with van der Waals surface area (Å²) in [5.41, 5.74) is 1.96. The molecule has 1 aromatic rings. The van der Waals surface area contributed by atoms with Crippen LogP contribution in [0.4, 0.5) is 5.69 Å². The molecule has 1 aliphatic rings. The van der Waals surface area contributed by atoms with Crippen LogP contribution >= 0.6 is 0 Å². The van der Waals surface area contributed by atoms with Crippen molar-refractivity contribution >= 4 is 11.6 Å². The molecule has 0 aromatic heterocycles. The Morgan fingerprint density at radius 3 is 3.11 bits per heavy atom. The molecule has 94 valence electrons. The fourth-order valence-corrected chi connectivity index (χ4v) is 2.02. The van der Waals surface area contributed by atoms with Gasteiger partial charge >= 0.3 is 0 Å². The van der Waals surface area contributed by atoms with Gasteiger partial charge in [0, 0.05) is 13.5 Å². The van der Waals surface area contributed by atoms with E-state index in [2.05, 4.69) is 6.07 Å². The number of hydrogen-bond acceptors (Lipinski definition) is 3. The van der Waals surface area contributed by atoms with Gasteiger partial charge in [0.05, 0.1) is 24.8 Å². The van der Waals surface area contributed by atoms with Crippen LogP contribution in [0.15, 0.2) is 18.2 Å². The molecule has 18 heavy (non-hydrogen) atoms. The molecule has 0 unspecified atom stereocenters. The quantitative estimate of drug-likeness (QED) is 0.766. The molecule has 0 radical (unpaired) electrons. The van der Waals surface area contributed by atoms with Gasteiger partial charge in [-0.1, -0.05) is 6.07 Å². The van der Waals surface area contributed by atoms with Crippen molar-refractivity contribution in [2.45, 2.75) is 25.7 Å². The van der Waals surface area contributed by atoms with E-state index in [4.69, 9.17) is 10.00 Å². The minimum Gasteiger partial charge on any atom is -0.491 e. The minimum absolute atomic E-state index is 0.0722. The summed E-state index contributed by atoms with van der Waals surface area (Å²) in [4.78, 5) is 13.4. The smallest absolute Gasteiger partial charge is 0.230 e. The van der Waals surface area contributed by atoms with Crippen molar-refractivity contribution in [3.05, 3.63) is 23.8 Å². The molecule has 0 N–H and O–H groups in total. The second kappa shape index (κ2) is 5.54. The highest BCUT2D eigenvalue weighted by Gasteiger charge is 2.19. The summed E-state index contributed by atoms with van der Waals surface area (Å²) < 4.78 is 5.56. The highest BCUT2D eigenvalue weighted by Crippen LogP contribution is 2.31. The monoisotopic (exact) mass is 244 g/mol. The van der Waals surface area contributed by atoms with Gasteiger partial charge in [-0.15, -0.1) is 0 Å². The number of aryl methyl sites for hydroxylation is 1. The maximum atomic E-state index is 11.8. The normalized spacial score (nSPS) is 14.4. The van der Waals surface area contributed by atoms with E-state index in [1.165, 1.54) is 0 Å². The molecule has 1 amide bonds. The number of ether oxygens (including phenoxy) is 1. The molecule has 1 aliphatic heterocycles. The lowest BCUT2D eigenvalue weighted by Crippen LogP contribution is -2.25. The molecule has 0 atom stereocenters. The molecule has 0 bridgehead atoms. The molecular weight excluding hydrogens is 228 g/mol. The van der Waals surface area contributed by atoms with Crippen LogP contribution in [0, 0.1) is 11.3 Å². The second-order valence-corrected chi connectivity index (χ2v) is 4.36. The first-order chi connectivity index (χ1) is 8.72. The fraction of sp³-hybridized carbons (Fsp3) is 0.429. The summed E-state index contributed by atoms with van der Waals surface area (Å²) in [5.74, 6) is 0.829. The van der Waals surface area contributed by atoms with Gasteiger partial charge in [-0.25, -0.2) is 0 Å². The predicted octanol–water partition coefficient (Wildman–Crippen LogP) is 2.28. The van der Waals surface area contributed by atoms with E-state index in [1.807, 2.05) is 18.2 Å². The molecule has 0 saturated heterocycles. The number of carbonyl (C=O) groups excluding carboxylic acids is 1. The van der Waals surface area contributed by atoms with Gasteiger partial charge in [0.15, 0.2) is 0 Å². The summed E-state index contributed by atoms with van der Waals surface area (Å²) in [6.45, 7) is 0.434. The van der Waals surface area contributed by atoms with Crippen molar-refractivity contribution < 1.29 is 9.53 Å². The average Bonchev–Trinajstić information content (AvgIpc) is 2.51. The van der Waals surface area contributed by atoms with Gasteiger partial charge in [0.2, 0.25) is 5.91 Å². The zero-order chi connectivity index (χ0) is 13.0. The fourth-order valence-electron chi connectivity index (χ4n) is 2.02. The molecule has 1 aromatic carbocycles. The van der Waals surface area contributed by atoms with E-state index >= 15 is 0 Å². The molecule has 1 heterocycles. The van der Waals surface area contributed by atoms with Crippen LogP contribution in [0.2, 0.25) is 0 Å². The van der Waals surface area contributed by atoms with E-state index in [0.29, 0.717) is 19.4 Å². The standard InChI is InChI=1S/C14H16N2O2/c1-16-12-10-11(4-2-3-8-15)5-6-13(12)18-9-7-14(16)17/h5-6,10H,2-4,7,9H2,1H3. The minimum atomic E-state index is 0.0722. The lowest BCUT2D eigenvalue weighted by atomic mass is 10.1. The second-order valence-electron chi connectivity index (χ2n) is 4.36. The molecule has 0 saturated carbocycles. The topological polar surface area (TPSA) is 53.3 Å². The number of anilines is 1. The van der Waals surface area contributed by atoms with Gasteiger partial charge in [-0.05, 0) is 30.5 Å². The van der Waals surface area contributed by atoms with E-state index in [0.717, 1.165) is 29.8 Å². The van der Waals surface area contributed by atoms with Crippen LogP contribution in [0.1, 0.15) is 24.8 Å². The van der Waals surface area contributed by atoms with E-state index < -0.39 is 0 Å². The zero-order valence-electron chi connectivity index (χ0n) is 10.5. The molecule has 2 rings (SSSR count). The summed E-state index contributed by atoms with van der Waals surface area (Å²) in [7, 11) is 1.77. The molecule has 4 heteroatoms. The first kappa shape index (κ1) is 12.4. The molecule has 0 fully saturated rings. The van der Waals surface area contributed by atoms with Crippen LogP contribution in [-0.2, 0) is 11.2 Å². The van der Waals surface area contributed by atoms with Crippen LogP contribution in [0.5, 0.6) is 5.75 Å². The maximum Gasteiger partial charge on any atom is 0.230 e. The summed E-state index contributed by atoms with van der Waals surface area (Å²) in [6, 6.07) is 8.03. The number of amides is 1. The van der Waals surface area contributed by atoms with Crippen molar-refractivity contribution in [1.82, 2.24) is 0 Å². The number of rotatable bonds is 3. The first-order valence-corrected chi connectivity index (χ1v) is 6.11. The number of nitriles is 1. The Labute approximate surface area is 107 Å². The number of nitrogens with zero attached hydrogens (tertiary/aromatic N) is 2. The molecule has 0 spiro atoms. The third-order valence-electron chi connectivity index (χ3n) is 3.09. The van der Waals surface area contributed by atoms with Crippen LogP contribution < -0.4 is 9.64 Å². The lowest BCUT2D eigenvalue weighted by molar-refractivity contribution is -0.118. The average molecular weight is 244 g/mol. The number of benzene rings is 1. The Morgan fingerprint density at radius 2 is 2.33 bits per heavy atom. The lowest BCUT2D eigenvalue weighted by Gasteiger charge is -2.17. The first-order valence-electron chi connectivity index (χ1n) is 6.11. The van der Waals surface area contributed by atoms with Gasteiger partial charge < -0.3 is 9.64 Å². The van der Waals surface area contributed by atoms with Gasteiger partial charge in [-0.3, -0.25) is 4.79 Å². The van der Waals surface area contributed by atoms with Crippen molar-refractivity contribution in [3.8, 4) is 11.8 Å². The van der Waals surface area contributed by atoms with E-state index in [-0.39, 0.29) is 5.91 Å². The molecule has 4 nitrogen and oxygen atoms in total. The number of hydrogen-bond donors (Lipinski definition) is 0. The molecular formula is C14H16N2O2. The van der Waals surface area contributed by atoms with Gasteiger partial charge in [-0.2, -0.15) is 5.26 Å². The third-order valence-corrected chi connectivity index (χ3v) is 3.09. The maximum absolute atomic E-state index is 11.8. The summed E-state index contributed by atoms with van der Waals surface area (Å²) in [6.07, 6.45) is 2.66. The third kappa shape index (κ3) is 2.62. The Balaban J connectivity index is 2.21. The number of unbranched alkanes of at least 4 members (excludes halogenated alkanes) is 1. The zero-order valence-corrected chi connectivity index (χ0v) is 10.5. The van der Waals surface area contributed by atoms with Crippen molar-refractivity contribution in [2.75, 3.05) is 18.6 Å². The summed E-state index contributed by atoms with van der Waals surface area (Å²) >= 11 is 0. The van der Waals surface area contributed by atoms with Crippen molar-refractivity contribution in [3.63, 3.8) is 0 Å². The van der Waals surface area contributed by atoms with Crippen LogP contribution in [0.3, 0.4) is 0 Å². The molecule has 0 aliphatic carbocycles. The SMILES string of the molecule is CN1C(=O)CCOc2ccc(CCCC#N)cc21. The highest BCUT2D eigenvalue weighted by molar-refractivity contribution is 5.95. The van der Waals surface area contributed by atoms with Gasteiger partial charge in [0.25, 0.3) is 0 Å². The predicted molar refractivity (Wildman–Crippen MR) is 68.5 cm³/mol. The van der Waals surface area contributed by atoms with E-state index in [1.54, 1.807) is 11.9 Å². The number of carbonyl (C=O) groups is 1. The Morgan fingerprint density at radius 1 is 1.50 bits per heavy atom. The van der Waals surface area contributed by atoms with E-state index in [9.17, 15) is 4.79 Å². The Kier molecular flexibility index (Phi) is 3.83. The van der Waals surface area contributed by atoms with Crippen LogP contribution in [0.25, 0.3) is 0 Å². The Bertz CT molecular complexity index is 491. The number of fused-ring (bicyclic) bond motifs is 1. The Hall–Kier alpha value is -2.02. The summed E-state index contributed by atoms with van der Waals surface area (Å²) in [5, 5.41) is 8.53. The highest BCUT2D eigenvalue weighted by atomic mass is 16.5. The van der Waals surface area contributed by atoms with Gasteiger partial charge in [0.1, 0.15) is 5.75 Å². The van der Waals surface area contributed by atoms with Crippen LogP contribution in [-0.4, -0.2) is 19.6 Å².